The Morgan fingerprint density at radius 3 is 1.96 bits per heavy atom. The maximum atomic E-state index is 13.1. The number of hydrogen-bond donors (Lipinski definition) is 0. The van der Waals surface area contributed by atoms with Crippen molar-refractivity contribution in [2.45, 2.75) is 11.8 Å². The number of sulfone groups is 1. The van der Waals surface area contributed by atoms with Crippen molar-refractivity contribution in [3.05, 3.63) is 65.5 Å². The van der Waals surface area contributed by atoms with Crippen LogP contribution in [0.5, 0.6) is 0 Å². The predicted octanol–water partition coefficient (Wildman–Crippen LogP) is -1.52. The summed E-state index contributed by atoms with van der Waals surface area (Å²) in [6, 6.07) is 10.0. The molecule has 0 amide bonds. The third kappa shape index (κ3) is 4.88. The van der Waals surface area contributed by atoms with Gasteiger partial charge in [0.05, 0.1) is 10.9 Å². The SMILES string of the molecule is CC(=O)C(=C(C(=O)[O-])c1ccc(F)cc1)c1ccccc1S(C)(=O)=O.[Na+]. The summed E-state index contributed by atoms with van der Waals surface area (Å²) < 4.78 is 37.1. The molecule has 0 fully saturated rings. The maximum absolute atomic E-state index is 13.1. The second kappa shape index (κ2) is 8.73. The fourth-order valence-electron chi connectivity index (χ4n) is 2.48. The van der Waals surface area contributed by atoms with E-state index in [2.05, 4.69) is 0 Å². The Bertz CT molecular complexity index is 979. The van der Waals surface area contributed by atoms with Crippen molar-refractivity contribution in [2.24, 2.45) is 0 Å². The van der Waals surface area contributed by atoms with E-state index in [-0.39, 0.29) is 51.2 Å². The minimum absolute atomic E-state index is 0. The number of rotatable bonds is 5. The predicted molar refractivity (Wildman–Crippen MR) is 88.5 cm³/mol. The Balaban J connectivity index is 0.00000338. The summed E-state index contributed by atoms with van der Waals surface area (Å²) in [5.41, 5.74) is -0.813. The molecule has 0 atom stereocenters. The zero-order valence-electron chi connectivity index (χ0n) is 14.4. The number of carbonyl (C=O) groups excluding carboxylic acids is 2. The summed E-state index contributed by atoms with van der Waals surface area (Å²) in [4.78, 5) is 23.7. The van der Waals surface area contributed by atoms with Gasteiger partial charge in [0.25, 0.3) is 0 Å². The van der Waals surface area contributed by atoms with Gasteiger partial charge in [0.15, 0.2) is 15.6 Å². The van der Waals surface area contributed by atoms with Crippen molar-refractivity contribution in [1.82, 2.24) is 0 Å². The summed E-state index contributed by atoms with van der Waals surface area (Å²) in [6.45, 7) is 1.13. The van der Waals surface area contributed by atoms with Gasteiger partial charge in [-0.05, 0) is 30.7 Å². The van der Waals surface area contributed by atoms with E-state index in [0.29, 0.717) is 0 Å². The van der Waals surface area contributed by atoms with Gasteiger partial charge >= 0.3 is 29.6 Å². The summed E-state index contributed by atoms with van der Waals surface area (Å²) in [6.07, 6.45) is 0.959. The molecule has 2 aromatic rings. The number of ketones is 1. The van der Waals surface area contributed by atoms with E-state index < -0.39 is 33.0 Å². The molecule has 0 saturated heterocycles. The van der Waals surface area contributed by atoms with Gasteiger partial charge in [-0.2, -0.15) is 0 Å². The van der Waals surface area contributed by atoms with Crippen LogP contribution in [0.15, 0.2) is 53.4 Å². The number of hydrogen-bond acceptors (Lipinski definition) is 5. The Labute approximate surface area is 172 Å². The molecule has 0 unspecified atom stereocenters. The third-order valence-electron chi connectivity index (χ3n) is 3.49. The molecule has 0 N–H and O–H groups in total. The van der Waals surface area contributed by atoms with Crippen LogP contribution >= 0.6 is 0 Å². The van der Waals surface area contributed by atoms with Gasteiger partial charge in [-0.25, -0.2) is 12.8 Å². The summed E-state index contributed by atoms with van der Waals surface area (Å²) >= 11 is 0. The quantitative estimate of drug-likeness (QED) is 0.355. The number of carboxylic acid groups (broad SMARTS) is 1. The molecule has 8 heteroatoms. The molecule has 26 heavy (non-hydrogen) atoms. The van der Waals surface area contributed by atoms with Gasteiger partial charge in [-0.15, -0.1) is 0 Å². The summed E-state index contributed by atoms with van der Waals surface area (Å²) in [5.74, 6) is -2.90. The molecule has 2 aromatic carbocycles. The molecule has 5 nitrogen and oxygen atoms in total. The molecule has 0 aliphatic heterocycles. The molecule has 2 rings (SSSR count). The molecule has 0 radical (unpaired) electrons. The fraction of sp³-hybridized carbons (Fsp3) is 0.111. The molecular formula is C18H14FNaO5S. The average molecular weight is 384 g/mol. The van der Waals surface area contributed by atoms with E-state index >= 15 is 0 Å². The number of allylic oxidation sites excluding steroid dienone is 1. The monoisotopic (exact) mass is 384 g/mol. The third-order valence-corrected chi connectivity index (χ3v) is 4.65. The number of benzene rings is 2. The average Bonchev–Trinajstić information content (AvgIpc) is 2.52. The molecule has 0 spiro atoms. The number of carboxylic acids is 1. The minimum atomic E-state index is -3.72. The van der Waals surface area contributed by atoms with Gasteiger partial charge in [0.1, 0.15) is 5.82 Å². The van der Waals surface area contributed by atoms with Gasteiger partial charge in [0.2, 0.25) is 0 Å². The van der Waals surface area contributed by atoms with Crippen LogP contribution < -0.4 is 34.7 Å². The Morgan fingerprint density at radius 1 is 0.962 bits per heavy atom. The Kier molecular flexibility index (Phi) is 7.46. The summed E-state index contributed by atoms with van der Waals surface area (Å²) in [7, 11) is -3.72. The standard InChI is InChI=1S/C18H15FO5S.Na/c1-11(20)16(14-5-3-4-6-15(14)25(2,23)24)17(18(21)22)12-7-9-13(19)10-8-12;/h3-10H,1-2H3,(H,21,22);/q;+1/p-1. The van der Waals surface area contributed by atoms with E-state index in [4.69, 9.17) is 0 Å². The van der Waals surface area contributed by atoms with Crippen molar-refractivity contribution < 1.29 is 57.1 Å². The first-order valence-electron chi connectivity index (χ1n) is 7.15. The Morgan fingerprint density at radius 2 is 1.50 bits per heavy atom. The zero-order chi connectivity index (χ0) is 18.8. The number of Topliss-reactive ketones (excluding diaryl/α,β-unsaturated/α-hetero) is 1. The molecule has 0 heterocycles. The van der Waals surface area contributed by atoms with Crippen molar-refractivity contribution in [2.75, 3.05) is 6.26 Å². The van der Waals surface area contributed by atoms with Gasteiger partial charge in [0, 0.05) is 23.0 Å². The van der Waals surface area contributed by atoms with Crippen LogP contribution in [0.3, 0.4) is 0 Å². The number of halogens is 1. The normalized spacial score (nSPS) is 12.0. The molecule has 0 aliphatic carbocycles. The molecule has 0 aromatic heterocycles. The van der Waals surface area contributed by atoms with Crippen LogP contribution in [-0.2, 0) is 19.4 Å². The first-order valence-corrected chi connectivity index (χ1v) is 9.04. The largest absolute Gasteiger partial charge is 1.00 e. The molecular weight excluding hydrogens is 370 g/mol. The molecule has 0 saturated carbocycles. The van der Waals surface area contributed by atoms with Crippen molar-refractivity contribution in [3.8, 4) is 0 Å². The van der Waals surface area contributed by atoms with Crippen LogP contribution in [0.1, 0.15) is 18.1 Å². The second-order valence-electron chi connectivity index (χ2n) is 5.37. The van der Waals surface area contributed by atoms with Gasteiger partial charge < -0.3 is 9.90 Å². The summed E-state index contributed by atoms with van der Waals surface area (Å²) in [5, 5.41) is 11.7. The van der Waals surface area contributed by atoms with E-state index in [9.17, 15) is 27.5 Å². The van der Waals surface area contributed by atoms with Crippen LogP contribution in [0.4, 0.5) is 4.39 Å². The van der Waals surface area contributed by atoms with Crippen LogP contribution in [-0.4, -0.2) is 26.4 Å². The van der Waals surface area contributed by atoms with Crippen molar-refractivity contribution in [3.63, 3.8) is 0 Å². The maximum Gasteiger partial charge on any atom is 1.00 e. The van der Waals surface area contributed by atoms with E-state index in [1.165, 1.54) is 36.4 Å². The molecule has 0 bridgehead atoms. The first-order chi connectivity index (χ1) is 11.6. The number of carbonyl (C=O) groups is 2. The fourth-order valence-corrected chi connectivity index (χ4v) is 3.37. The van der Waals surface area contributed by atoms with Crippen LogP contribution in [0, 0.1) is 5.82 Å². The molecule has 0 aliphatic rings. The van der Waals surface area contributed by atoms with Crippen molar-refractivity contribution >= 4 is 32.7 Å². The second-order valence-corrected chi connectivity index (χ2v) is 7.35. The van der Waals surface area contributed by atoms with Gasteiger partial charge in [-0.1, -0.05) is 30.3 Å². The Hall–Kier alpha value is -1.80. The topological polar surface area (TPSA) is 91.3 Å². The van der Waals surface area contributed by atoms with E-state index in [1.807, 2.05) is 0 Å². The molecule has 130 valence electrons. The van der Waals surface area contributed by atoms with Crippen molar-refractivity contribution in [1.29, 1.82) is 0 Å². The van der Waals surface area contributed by atoms with Crippen LogP contribution in [0.25, 0.3) is 11.1 Å². The smallest absolute Gasteiger partial charge is 0.545 e. The van der Waals surface area contributed by atoms with E-state index in [0.717, 1.165) is 25.3 Å². The minimum Gasteiger partial charge on any atom is -0.545 e. The van der Waals surface area contributed by atoms with Gasteiger partial charge in [-0.3, -0.25) is 4.79 Å². The van der Waals surface area contributed by atoms with E-state index in [1.54, 1.807) is 0 Å². The van der Waals surface area contributed by atoms with Crippen LogP contribution in [0.2, 0.25) is 0 Å². The zero-order valence-corrected chi connectivity index (χ0v) is 17.3. The number of aliphatic carboxylic acids is 1. The first kappa shape index (κ1) is 22.2.